The third-order valence-corrected chi connectivity index (χ3v) is 3.70. The van der Waals surface area contributed by atoms with Gasteiger partial charge in [-0.3, -0.25) is 4.90 Å². The van der Waals surface area contributed by atoms with Gasteiger partial charge in [-0.2, -0.15) is 0 Å². The SMILES string of the molecule is COC(=O)c1cccnc1NCC1CN(C)CCN1C. The number of piperazine rings is 1. The van der Waals surface area contributed by atoms with E-state index in [4.69, 9.17) is 4.74 Å². The molecule has 0 aliphatic carbocycles. The number of nitrogens with zero attached hydrogens (tertiary/aromatic N) is 3. The molecule has 0 aromatic carbocycles. The number of anilines is 1. The first kappa shape index (κ1) is 14.7. The van der Waals surface area contributed by atoms with Crippen molar-refractivity contribution in [3.8, 4) is 0 Å². The van der Waals surface area contributed by atoms with Gasteiger partial charge in [-0.15, -0.1) is 0 Å². The Kier molecular flexibility index (Phi) is 4.92. The van der Waals surface area contributed by atoms with E-state index in [2.05, 4.69) is 34.2 Å². The van der Waals surface area contributed by atoms with Crippen LogP contribution < -0.4 is 5.32 Å². The molecule has 0 spiro atoms. The Hall–Kier alpha value is -1.66. The first-order valence-electron chi connectivity index (χ1n) is 6.78. The number of likely N-dealkylation sites (N-methyl/N-ethyl adjacent to an activating group) is 2. The fraction of sp³-hybridized carbons (Fsp3) is 0.571. The summed E-state index contributed by atoms with van der Waals surface area (Å²) in [6.45, 7) is 3.89. The smallest absolute Gasteiger partial charge is 0.341 e. The summed E-state index contributed by atoms with van der Waals surface area (Å²) in [6.07, 6.45) is 1.67. The van der Waals surface area contributed by atoms with E-state index in [1.807, 2.05) is 0 Å². The van der Waals surface area contributed by atoms with Crippen LogP contribution in [0, 0.1) is 0 Å². The van der Waals surface area contributed by atoms with Crippen LogP contribution in [0.1, 0.15) is 10.4 Å². The Morgan fingerprint density at radius 2 is 2.30 bits per heavy atom. The second-order valence-electron chi connectivity index (χ2n) is 5.17. The molecule has 0 radical (unpaired) electrons. The van der Waals surface area contributed by atoms with Crippen molar-refractivity contribution in [1.29, 1.82) is 0 Å². The van der Waals surface area contributed by atoms with Crippen molar-refractivity contribution in [2.45, 2.75) is 6.04 Å². The highest BCUT2D eigenvalue weighted by Gasteiger charge is 2.22. The maximum Gasteiger partial charge on any atom is 0.341 e. The first-order valence-corrected chi connectivity index (χ1v) is 6.78. The summed E-state index contributed by atoms with van der Waals surface area (Å²) in [4.78, 5) is 20.6. The van der Waals surface area contributed by atoms with Crippen LogP contribution in [0.2, 0.25) is 0 Å². The van der Waals surface area contributed by atoms with Crippen molar-refractivity contribution in [2.75, 3.05) is 52.7 Å². The van der Waals surface area contributed by atoms with Gasteiger partial charge >= 0.3 is 5.97 Å². The van der Waals surface area contributed by atoms with Crippen molar-refractivity contribution < 1.29 is 9.53 Å². The Bertz CT molecular complexity index is 466. The highest BCUT2D eigenvalue weighted by atomic mass is 16.5. The normalized spacial score (nSPS) is 20.6. The number of pyridine rings is 1. The zero-order valence-electron chi connectivity index (χ0n) is 12.3. The van der Waals surface area contributed by atoms with E-state index >= 15 is 0 Å². The molecule has 110 valence electrons. The Morgan fingerprint density at radius 1 is 1.50 bits per heavy atom. The predicted octanol–water partition coefficient (Wildman–Crippen LogP) is 0.526. The van der Waals surface area contributed by atoms with Gasteiger partial charge in [0.05, 0.1) is 7.11 Å². The fourth-order valence-corrected chi connectivity index (χ4v) is 2.36. The third kappa shape index (κ3) is 3.46. The molecule has 1 aromatic rings. The molecule has 0 saturated carbocycles. The molecule has 2 heterocycles. The molecule has 20 heavy (non-hydrogen) atoms. The summed E-state index contributed by atoms with van der Waals surface area (Å²) in [5.74, 6) is 0.218. The quantitative estimate of drug-likeness (QED) is 0.811. The van der Waals surface area contributed by atoms with Gasteiger partial charge in [0, 0.05) is 38.4 Å². The van der Waals surface area contributed by atoms with Gasteiger partial charge in [0.2, 0.25) is 0 Å². The van der Waals surface area contributed by atoms with Crippen LogP contribution in [-0.2, 0) is 4.74 Å². The molecule has 0 amide bonds. The van der Waals surface area contributed by atoms with Gasteiger partial charge in [-0.25, -0.2) is 9.78 Å². The molecule has 6 nitrogen and oxygen atoms in total. The number of esters is 1. The van der Waals surface area contributed by atoms with Crippen LogP contribution in [0.4, 0.5) is 5.82 Å². The molecular weight excluding hydrogens is 256 g/mol. The molecule has 1 aliphatic rings. The van der Waals surface area contributed by atoms with Crippen molar-refractivity contribution in [3.05, 3.63) is 23.9 Å². The van der Waals surface area contributed by atoms with Crippen LogP contribution in [0.3, 0.4) is 0 Å². The lowest BCUT2D eigenvalue weighted by molar-refractivity contribution is 0.0601. The average Bonchev–Trinajstić information content (AvgIpc) is 2.47. The van der Waals surface area contributed by atoms with Crippen LogP contribution in [0.25, 0.3) is 0 Å². The van der Waals surface area contributed by atoms with E-state index in [1.165, 1.54) is 7.11 Å². The van der Waals surface area contributed by atoms with E-state index in [9.17, 15) is 4.79 Å². The Balaban J connectivity index is 2.01. The molecule has 2 rings (SSSR count). The number of aromatic nitrogens is 1. The lowest BCUT2D eigenvalue weighted by Crippen LogP contribution is -2.52. The molecule has 1 saturated heterocycles. The molecule has 1 aliphatic heterocycles. The molecule has 1 fully saturated rings. The van der Waals surface area contributed by atoms with Gasteiger partial charge in [-0.1, -0.05) is 0 Å². The largest absolute Gasteiger partial charge is 0.465 e. The monoisotopic (exact) mass is 278 g/mol. The number of methoxy groups -OCH3 is 1. The van der Waals surface area contributed by atoms with E-state index in [1.54, 1.807) is 18.3 Å². The lowest BCUT2D eigenvalue weighted by Gasteiger charge is -2.37. The van der Waals surface area contributed by atoms with Crippen molar-refractivity contribution in [3.63, 3.8) is 0 Å². The summed E-state index contributed by atoms with van der Waals surface area (Å²) in [7, 11) is 5.63. The van der Waals surface area contributed by atoms with E-state index in [0.29, 0.717) is 17.4 Å². The number of carbonyl (C=O) groups is 1. The summed E-state index contributed by atoms with van der Waals surface area (Å²) in [6, 6.07) is 3.86. The molecule has 1 N–H and O–H groups in total. The minimum Gasteiger partial charge on any atom is -0.465 e. The highest BCUT2D eigenvalue weighted by molar-refractivity contribution is 5.94. The van der Waals surface area contributed by atoms with Gasteiger partial charge in [0.15, 0.2) is 0 Å². The zero-order valence-corrected chi connectivity index (χ0v) is 12.3. The number of hydrogen-bond acceptors (Lipinski definition) is 6. The number of carbonyl (C=O) groups excluding carboxylic acids is 1. The second-order valence-corrected chi connectivity index (χ2v) is 5.17. The van der Waals surface area contributed by atoms with Gasteiger partial charge in [0.1, 0.15) is 11.4 Å². The zero-order chi connectivity index (χ0) is 14.5. The van der Waals surface area contributed by atoms with Crippen molar-refractivity contribution in [2.24, 2.45) is 0 Å². The molecule has 1 unspecified atom stereocenters. The van der Waals surface area contributed by atoms with Crippen LogP contribution in [-0.4, -0.2) is 74.2 Å². The standard InChI is InChI=1S/C14H22N4O2/c1-17-7-8-18(2)11(10-17)9-16-13-12(14(19)20-3)5-4-6-15-13/h4-6,11H,7-10H2,1-3H3,(H,15,16). The van der Waals surface area contributed by atoms with E-state index in [-0.39, 0.29) is 5.97 Å². The molecular formula is C14H22N4O2. The van der Waals surface area contributed by atoms with E-state index < -0.39 is 0 Å². The number of ether oxygens (including phenoxy) is 1. The average molecular weight is 278 g/mol. The molecule has 6 heteroatoms. The number of hydrogen-bond donors (Lipinski definition) is 1. The van der Waals surface area contributed by atoms with Gasteiger partial charge in [0.25, 0.3) is 0 Å². The maximum atomic E-state index is 11.7. The summed E-state index contributed by atoms with van der Waals surface area (Å²) in [5, 5.41) is 3.27. The summed E-state index contributed by atoms with van der Waals surface area (Å²) >= 11 is 0. The number of nitrogens with one attached hydrogen (secondary N) is 1. The maximum absolute atomic E-state index is 11.7. The Labute approximate surface area is 119 Å². The van der Waals surface area contributed by atoms with Crippen molar-refractivity contribution in [1.82, 2.24) is 14.8 Å². The molecule has 1 atom stereocenters. The van der Waals surface area contributed by atoms with Crippen LogP contribution in [0.15, 0.2) is 18.3 Å². The van der Waals surface area contributed by atoms with Gasteiger partial charge in [-0.05, 0) is 26.2 Å². The first-order chi connectivity index (χ1) is 9.61. The lowest BCUT2D eigenvalue weighted by atomic mass is 10.2. The van der Waals surface area contributed by atoms with Crippen molar-refractivity contribution >= 4 is 11.8 Å². The summed E-state index contributed by atoms with van der Waals surface area (Å²) in [5.41, 5.74) is 0.474. The van der Waals surface area contributed by atoms with E-state index in [0.717, 1.165) is 26.2 Å². The second kappa shape index (κ2) is 6.67. The molecule has 0 bridgehead atoms. The Morgan fingerprint density at radius 3 is 3.05 bits per heavy atom. The minimum atomic E-state index is -0.366. The highest BCUT2D eigenvalue weighted by Crippen LogP contribution is 2.14. The predicted molar refractivity (Wildman–Crippen MR) is 78.0 cm³/mol. The minimum absolute atomic E-state index is 0.366. The van der Waals surface area contributed by atoms with Gasteiger partial charge < -0.3 is 15.0 Å². The van der Waals surface area contributed by atoms with Crippen LogP contribution in [0.5, 0.6) is 0 Å². The number of rotatable bonds is 4. The third-order valence-electron chi connectivity index (χ3n) is 3.70. The van der Waals surface area contributed by atoms with Crippen LogP contribution >= 0.6 is 0 Å². The fourth-order valence-electron chi connectivity index (χ4n) is 2.36. The molecule has 1 aromatic heterocycles. The topological polar surface area (TPSA) is 57.7 Å². The summed E-state index contributed by atoms with van der Waals surface area (Å²) < 4.78 is 4.77.